The molecule has 0 aliphatic rings. The maximum Gasteiger partial charge on any atom is 0.0792 e. The number of aliphatic hydroxyl groups excluding tert-OH is 1. The molecule has 0 aliphatic carbocycles. The van der Waals surface area contributed by atoms with E-state index in [-0.39, 0.29) is 6.10 Å². The molecule has 1 unspecified atom stereocenters. The fourth-order valence-corrected chi connectivity index (χ4v) is 1.46. The zero-order valence-electron chi connectivity index (χ0n) is 8.62. The van der Waals surface area contributed by atoms with E-state index in [1.165, 1.54) is 5.56 Å². The summed E-state index contributed by atoms with van der Waals surface area (Å²) in [5.74, 6) is 0.538. The van der Waals surface area contributed by atoms with E-state index < -0.39 is 0 Å². The van der Waals surface area contributed by atoms with Gasteiger partial charge in [0.05, 0.1) is 6.10 Å². The number of hydrogen-bond acceptors (Lipinski definition) is 1. The normalized spacial score (nSPS) is 13.3. The van der Waals surface area contributed by atoms with Crippen molar-refractivity contribution in [2.75, 3.05) is 0 Å². The summed E-state index contributed by atoms with van der Waals surface area (Å²) < 4.78 is 0. The van der Waals surface area contributed by atoms with Gasteiger partial charge in [0, 0.05) is 0 Å². The molecule has 72 valence electrons. The Bertz CT molecular complexity index is 266. The molecule has 0 fully saturated rings. The van der Waals surface area contributed by atoms with Gasteiger partial charge in [0.15, 0.2) is 0 Å². The van der Waals surface area contributed by atoms with E-state index in [0.717, 1.165) is 12.0 Å². The van der Waals surface area contributed by atoms with E-state index in [1.54, 1.807) is 0 Å². The van der Waals surface area contributed by atoms with Gasteiger partial charge in [-0.05, 0) is 24.8 Å². The molecule has 1 heteroatoms. The highest BCUT2D eigenvalue weighted by atomic mass is 16.3. The highest BCUT2D eigenvalue weighted by Gasteiger charge is 2.08. The predicted octanol–water partition coefficient (Wildman–Crippen LogP) is 3.07. The van der Waals surface area contributed by atoms with Crippen molar-refractivity contribution in [1.82, 2.24) is 0 Å². The average molecular weight is 178 g/mol. The molecule has 1 N–H and O–H groups in total. The van der Waals surface area contributed by atoms with Gasteiger partial charge >= 0.3 is 0 Å². The molecular formula is C12H18O. The molecule has 0 saturated carbocycles. The third-order valence-corrected chi connectivity index (χ3v) is 2.12. The summed E-state index contributed by atoms with van der Waals surface area (Å²) in [5.41, 5.74) is 2.24. The highest BCUT2D eigenvalue weighted by molar-refractivity contribution is 5.23. The van der Waals surface area contributed by atoms with E-state index in [0.29, 0.717) is 5.92 Å². The highest BCUT2D eigenvalue weighted by Crippen LogP contribution is 2.21. The maximum atomic E-state index is 9.82. The van der Waals surface area contributed by atoms with Crippen molar-refractivity contribution in [3.63, 3.8) is 0 Å². The van der Waals surface area contributed by atoms with Crippen molar-refractivity contribution < 1.29 is 5.11 Å². The maximum absolute atomic E-state index is 9.82. The van der Waals surface area contributed by atoms with Gasteiger partial charge < -0.3 is 5.11 Å². The van der Waals surface area contributed by atoms with Crippen molar-refractivity contribution in [1.29, 1.82) is 0 Å². The molecule has 0 bridgehead atoms. The molecule has 1 rings (SSSR count). The second kappa shape index (κ2) is 4.43. The second-order valence-corrected chi connectivity index (χ2v) is 4.06. The van der Waals surface area contributed by atoms with Gasteiger partial charge in [-0.25, -0.2) is 0 Å². The number of aryl methyl sites for hydroxylation is 1. The Kier molecular flexibility index (Phi) is 3.49. The van der Waals surface area contributed by atoms with Crippen LogP contribution in [0.5, 0.6) is 0 Å². The van der Waals surface area contributed by atoms with Crippen LogP contribution in [0.2, 0.25) is 0 Å². The topological polar surface area (TPSA) is 20.2 Å². The minimum absolute atomic E-state index is 0.306. The molecule has 0 amide bonds. The van der Waals surface area contributed by atoms with Crippen LogP contribution in [0.4, 0.5) is 0 Å². The number of rotatable bonds is 3. The summed E-state index contributed by atoms with van der Waals surface area (Å²) in [7, 11) is 0. The van der Waals surface area contributed by atoms with Crippen molar-refractivity contribution in [3.8, 4) is 0 Å². The first-order chi connectivity index (χ1) is 6.09. The van der Waals surface area contributed by atoms with E-state index in [1.807, 2.05) is 31.2 Å². The fraction of sp³-hybridized carbons (Fsp3) is 0.500. The van der Waals surface area contributed by atoms with E-state index in [9.17, 15) is 5.11 Å². The summed E-state index contributed by atoms with van der Waals surface area (Å²) in [5, 5.41) is 9.82. The van der Waals surface area contributed by atoms with Crippen molar-refractivity contribution in [2.24, 2.45) is 5.92 Å². The van der Waals surface area contributed by atoms with Crippen LogP contribution in [0.1, 0.15) is 37.5 Å². The van der Waals surface area contributed by atoms with Gasteiger partial charge in [-0.1, -0.05) is 43.7 Å². The Labute approximate surface area is 80.4 Å². The first kappa shape index (κ1) is 10.3. The lowest BCUT2D eigenvalue weighted by Gasteiger charge is -2.13. The second-order valence-electron chi connectivity index (χ2n) is 4.06. The molecule has 0 heterocycles. The molecule has 1 nitrogen and oxygen atoms in total. The summed E-state index contributed by atoms with van der Waals surface area (Å²) in [6.07, 6.45) is 0.531. The van der Waals surface area contributed by atoms with E-state index >= 15 is 0 Å². The van der Waals surface area contributed by atoms with Crippen LogP contribution in [-0.2, 0) is 0 Å². The van der Waals surface area contributed by atoms with Gasteiger partial charge in [-0.3, -0.25) is 0 Å². The molecule has 0 saturated heterocycles. The van der Waals surface area contributed by atoms with Crippen LogP contribution < -0.4 is 0 Å². The molecule has 0 aromatic heterocycles. The van der Waals surface area contributed by atoms with Crippen LogP contribution in [-0.4, -0.2) is 5.11 Å². The molecule has 1 aromatic carbocycles. The van der Waals surface area contributed by atoms with E-state index in [4.69, 9.17) is 0 Å². The molecule has 1 atom stereocenters. The lowest BCUT2D eigenvalue weighted by Crippen LogP contribution is -2.01. The van der Waals surface area contributed by atoms with Gasteiger partial charge in [0.2, 0.25) is 0 Å². The fourth-order valence-electron chi connectivity index (χ4n) is 1.46. The first-order valence-electron chi connectivity index (χ1n) is 4.84. The minimum Gasteiger partial charge on any atom is -0.388 e. The van der Waals surface area contributed by atoms with Crippen LogP contribution in [0.25, 0.3) is 0 Å². The van der Waals surface area contributed by atoms with Crippen LogP contribution >= 0.6 is 0 Å². The number of aliphatic hydroxyl groups is 1. The number of hydrogen-bond donors (Lipinski definition) is 1. The zero-order chi connectivity index (χ0) is 9.84. The molecule has 13 heavy (non-hydrogen) atoms. The third-order valence-electron chi connectivity index (χ3n) is 2.12. The molecule has 1 aromatic rings. The molecule has 0 radical (unpaired) electrons. The molecule has 0 spiro atoms. The predicted molar refractivity (Wildman–Crippen MR) is 55.6 cm³/mol. The largest absolute Gasteiger partial charge is 0.388 e. The standard InChI is InChI=1S/C12H18O/c1-9(2)7-12(13)11-6-4-5-10(3)8-11/h4-6,8-9,12-13H,7H2,1-3H3. The Hall–Kier alpha value is -0.820. The Morgan fingerprint density at radius 3 is 2.54 bits per heavy atom. The number of benzene rings is 1. The summed E-state index contributed by atoms with van der Waals surface area (Å²) in [6, 6.07) is 8.08. The van der Waals surface area contributed by atoms with Crippen LogP contribution in [0.15, 0.2) is 24.3 Å². The molecule has 0 aliphatic heterocycles. The first-order valence-corrected chi connectivity index (χ1v) is 4.84. The summed E-state index contributed by atoms with van der Waals surface area (Å²) in [6.45, 7) is 6.30. The average Bonchev–Trinajstić information content (AvgIpc) is 2.03. The lowest BCUT2D eigenvalue weighted by molar-refractivity contribution is 0.151. The van der Waals surface area contributed by atoms with Gasteiger partial charge in [0.25, 0.3) is 0 Å². The minimum atomic E-state index is -0.306. The summed E-state index contributed by atoms with van der Waals surface area (Å²) in [4.78, 5) is 0. The van der Waals surface area contributed by atoms with Crippen LogP contribution in [0.3, 0.4) is 0 Å². The van der Waals surface area contributed by atoms with Crippen molar-refractivity contribution in [2.45, 2.75) is 33.3 Å². The van der Waals surface area contributed by atoms with Gasteiger partial charge in [0.1, 0.15) is 0 Å². The van der Waals surface area contributed by atoms with Crippen molar-refractivity contribution in [3.05, 3.63) is 35.4 Å². The third kappa shape index (κ3) is 3.19. The Balaban J connectivity index is 2.71. The SMILES string of the molecule is Cc1cccc(C(O)CC(C)C)c1. The lowest BCUT2D eigenvalue weighted by atomic mass is 9.98. The molecular weight excluding hydrogens is 160 g/mol. The Morgan fingerprint density at radius 2 is 2.00 bits per heavy atom. The summed E-state index contributed by atoms with van der Waals surface area (Å²) >= 11 is 0. The van der Waals surface area contributed by atoms with Crippen LogP contribution in [0, 0.1) is 12.8 Å². The van der Waals surface area contributed by atoms with Gasteiger partial charge in [-0.15, -0.1) is 0 Å². The monoisotopic (exact) mass is 178 g/mol. The quantitative estimate of drug-likeness (QED) is 0.754. The Morgan fingerprint density at radius 1 is 1.31 bits per heavy atom. The van der Waals surface area contributed by atoms with E-state index in [2.05, 4.69) is 13.8 Å². The van der Waals surface area contributed by atoms with Crippen molar-refractivity contribution >= 4 is 0 Å². The zero-order valence-corrected chi connectivity index (χ0v) is 8.62. The van der Waals surface area contributed by atoms with Gasteiger partial charge in [-0.2, -0.15) is 0 Å². The smallest absolute Gasteiger partial charge is 0.0792 e.